The van der Waals surface area contributed by atoms with E-state index >= 15 is 0 Å². The van der Waals surface area contributed by atoms with Gasteiger partial charge in [0.15, 0.2) is 0 Å². The van der Waals surface area contributed by atoms with Crippen LogP contribution < -0.4 is 5.73 Å². The molecular formula is C71H90N2. The SMILES string of the molecule is C#C.C#C.C1=CCCC=C1.C=C/C=C\CCc1ccc(C(/C=C\CC2/C=C\C(C)C(=C)/C=C\C=C/N(C3=CC=CCC3)/C=C/2)/C=C/C)cc1.CC.CCCC1=C(C)C(C)(c2ccccc2)c2ccccc21.CN. The highest BCUT2D eigenvalue weighted by Gasteiger charge is 2.39. The molecule has 0 aromatic heterocycles. The van der Waals surface area contributed by atoms with Crippen molar-refractivity contribution in [2.45, 2.75) is 118 Å². The molecule has 1 heterocycles. The summed E-state index contributed by atoms with van der Waals surface area (Å²) >= 11 is 0. The number of nitrogens with zero attached hydrogens (tertiary/aromatic N) is 1. The average Bonchev–Trinajstić information content (AvgIpc) is 3.68. The summed E-state index contributed by atoms with van der Waals surface area (Å²) in [5.74, 6) is 0.872. The van der Waals surface area contributed by atoms with Crippen LogP contribution in [-0.2, 0) is 11.8 Å². The monoisotopic (exact) mass is 971 g/mol. The minimum Gasteiger partial charge on any atom is -0.333 e. The lowest BCUT2D eigenvalue weighted by Crippen LogP contribution is -2.22. The molecule has 4 unspecified atom stereocenters. The largest absolute Gasteiger partial charge is 0.333 e. The highest BCUT2D eigenvalue weighted by atomic mass is 15.1. The van der Waals surface area contributed by atoms with Gasteiger partial charge in [-0.25, -0.2) is 0 Å². The zero-order chi connectivity index (χ0) is 54.1. The average molecular weight is 972 g/mol. The summed E-state index contributed by atoms with van der Waals surface area (Å²) < 4.78 is 0. The summed E-state index contributed by atoms with van der Waals surface area (Å²) in [4.78, 5) is 2.25. The van der Waals surface area contributed by atoms with E-state index in [1.165, 1.54) is 71.8 Å². The van der Waals surface area contributed by atoms with E-state index in [4.69, 9.17) is 0 Å². The van der Waals surface area contributed by atoms with Crippen molar-refractivity contribution >= 4 is 5.57 Å². The number of hydrogen-bond acceptors (Lipinski definition) is 2. The van der Waals surface area contributed by atoms with E-state index < -0.39 is 0 Å². The summed E-state index contributed by atoms with van der Waals surface area (Å²) in [5.41, 5.74) is 17.0. The molecular weight excluding hydrogens is 881 g/mol. The first kappa shape index (κ1) is 63.9. The Bertz CT molecular complexity index is 2420. The van der Waals surface area contributed by atoms with Crippen LogP contribution in [0.15, 0.2) is 243 Å². The third-order valence-corrected chi connectivity index (χ3v) is 12.8. The summed E-state index contributed by atoms with van der Waals surface area (Å²) in [6.45, 7) is 23.3. The molecule has 0 fully saturated rings. The number of rotatable bonds is 13. The molecule has 0 amide bonds. The fraction of sp³-hybridized carbons (Fsp3) is 0.296. The van der Waals surface area contributed by atoms with Gasteiger partial charge in [0, 0.05) is 29.4 Å². The van der Waals surface area contributed by atoms with Crippen LogP contribution in [0.3, 0.4) is 0 Å². The molecule has 1 aliphatic heterocycles. The Hall–Kier alpha value is -7.10. The number of aryl methyl sites for hydroxylation is 1. The number of fused-ring (bicyclic) bond motifs is 1. The molecule has 3 aliphatic carbocycles. The first-order valence-electron chi connectivity index (χ1n) is 26.4. The molecule has 0 spiro atoms. The van der Waals surface area contributed by atoms with Crippen LogP contribution in [0.25, 0.3) is 5.57 Å². The minimum absolute atomic E-state index is 0.0301. The van der Waals surface area contributed by atoms with Crippen molar-refractivity contribution < 1.29 is 0 Å². The summed E-state index contributed by atoms with van der Waals surface area (Å²) in [5, 5.41) is 0. The standard InChI is InChI=1S/C38H45N.C20H22.C6H8.C2H6.2C2H2.CH5N/c1-5-7-8-10-18-34-25-27-37(28-26-34)36(16-6-2)20-15-19-35-24-23-33(4)32(3)17-13-14-30-39(31-29-35)38-21-11-9-12-22-38;1-4-10-17-15(2)20(3,16-11-6-5-7-12-16)19-14-9-8-13-18(17)19;1-2-4-6-5-3-1;4*1-2/h5-9,11,13-17,20-21,23-31,33,35-36H,1,3,10,12,18-19,22H2,2,4H3;5-9,11-14H,4,10H2,1-3H3;1-4H,5-6H2;1-2H3;2*1-2H;2H2,1H3/b8-7-,16-6+,17-13-,20-15-,24-23-,30-14-,31-29+;;;;;;. The first-order chi connectivity index (χ1) is 35.8. The fourth-order valence-electron chi connectivity index (χ4n) is 8.75. The number of allylic oxidation sites excluding steroid dienone is 24. The summed E-state index contributed by atoms with van der Waals surface area (Å²) in [7, 11) is 1.50. The van der Waals surface area contributed by atoms with E-state index in [-0.39, 0.29) is 11.3 Å². The van der Waals surface area contributed by atoms with Crippen molar-refractivity contribution in [3.63, 3.8) is 0 Å². The van der Waals surface area contributed by atoms with Gasteiger partial charge in [-0.05, 0) is 142 Å². The van der Waals surface area contributed by atoms with Crippen LogP contribution in [0.5, 0.6) is 0 Å². The van der Waals surface area contributed by atoms with Crippen molar-refractivity contribution in [3.8, 4) is 25.7 Å². The van der Waals surface area contributed by atoms with Crippen LogP contribution in [0.4, 0.5) is 0 Å². The van der Waals surface area contributed by atoms with E-state index in [0.717, 1.165) is 37.7 Å². The molecule has 0 saturated heterocycles. The van der Waals surface area contributed by atoms with Gasteiger partial charge in [0.1, 0.15) is 0 Å². The van der Waals surface area contributed by atoms with Crippen molar-refractivity contribution in [1.82, 2.24) is 4.90 Å². The van der Waals surface area contributed by atoms with Crippen molar-refractivity contribution in [3.05, 3.63) is 271 Å². The van der Waals surface area contributed by atoms with Crippen LogP contribution in [0.2, 0.25) is 0 Å². The fourth-order valence-corrected chi connectivity index (χ4v) is 8.75. The normalized spacial score (nSPS) is 20.5. The van der Waals surface area contributed by atoms with Gasteiger partial charge in [0.25, 0.3) is 0 Å². The van der Waals surface area contributed by atoms with Crippen molar-refractivity contribution in [1.29, 1.82) is 0 Å². The highest BCUT2D eigenvalue weighted by Crippen LogP contribution is 2.51. The van der Waals surface area contributed by atoms with E-state index in [9.17, 15) is 0 Å². The van der Waals surface area contributed by atoms with E-state index in [2.05, 4.69) is 285 Å². The summed E-state index contributed by atoms with van der Waals surface area (Å²) in [6.07, 6.45) is 73.9. The second-order valence-corrected chi connectivity index (χ2v) is 17.5. The van der Waals surface area contributed by atoms with Gasteiger partial charge in [0.05, 0.1) is 0 Å². The smallest absolute Gasteiger partial charge is 0.0392 e. The lowest BCUT2D eigenvalue weighted by molar-refractivity contribution is 0.580. The topological polar surface area (TPSA) is 29.3 Å². The van der Waals surface area contributed by atoms with Crippen molar-refractivity contribution in [2.24, 2.45) is 17.6 Å². The molecule has 0 saturated carbocycles. The molecule has 0 bridgehead atoms. The number of nitrogens with two attached hydrogens (primary N) is 1. The zero-order valence-electron chi connectivity index (χ0n) is 46.1. The molecule has 73 heavy (non-hydrogen) atoms. The Balaban J connectivity index is 0.000000645. The Labute approximate surface area is 446 Å². The van der Waals surface area contributed by atoms with Gasteiger partial charge in [-0.3, -0.25) is 0 Å². The molecule has 2 N–H and O–H groups in total. The van der Waals surface area contributed by atoms with Crippen LogP contribution >= 0.6 is 0 Å². The molecule has 7 rings (SSSR count). The van der Waals surface area contributed by atoms with E-state index in [1.807, 2.05) is 26.0 Å². The Morgan fingerprint density at radius 1 is 0.767 bits per heavy atom. The number of benzene rings is 3. The predicted octanol–water partition coefficient (Wildman–Crippen LogP) is 19.0. The van der Waals surface area contributed by atoms with Crippen LogP contribution in [0.1, 0.15) is 134 Å². The maximum atomic E-state index is 4.50. The van der Waals surface area contributed by atoms with Crippen molar-refractivity contribution in [2.75, 3.05) is 7.05 Å². The maximum Gasteiger partial charge on any atom is 0.0392 e. The molecule has 4 atom stereocenters. The van der Waals surface area contributed by atoms with E-state index in [0.29, 0.717) is 11.8 Å². The molecule has 3 aromatic carbocycles. The molecule has 2 nitrogen and oxygen atoms in total. The lowest BCUT2D eigenvalue weighted by Gasteiger charge is -2.29. The molecule has 3 aromatic rings. The number of terminal acetylenes is 2. The highest BCUT2D eigenvalue weighted by molar-refractivity contribution is 5.82. The second-order valence-electron chi connectivity index (χ2n) is 17.5. The maximum absolute atomic E-state index is 4.50. The van der Waals surface area contributed by atoms with Gasteiger partial charge in [0.2, 0.25) is 0 Å². The van der Waals surface area contributed by atoms with Crippen LogP contribution in [0, 0.1) is 37.5 Å². The van der Waals surface area contributed by atoms with Gasteiger partial charge in [-0.2, -0.15) is 0 Å². The van der Waals surface area contributed by atoms with Crippen LogP contribution in [-0.4, -0.2) is 11.9 Å². The summed E-state index contributed by atoms with van der Waals surface area (Å²) in [6, 6.07) is 28.9. The Morgan fingerprint density at radius 2 is 1.42 bits per heavy atom. The lowest BCUT2D eigenvalue weighted by atomic mass is 9.74. The Morgan fingerprint density at radius 3 is 2.03 bits per heavy atom. The van der Waals surface area contributed by atoms with Gasteiger partial charge in [-0.1, -0.05) is 241 Å². The second kappa shape index (κ2) is 39.5. The van der Waals surface area contributed by atoms with Gasteiger partial charge >= 0.3 is 0 Å². The van der Waals surface area contributed by atoms with Gasteiger partial charge in [-0.15, -0.1) is 25.7 Å². The van der Waals surface area contributed by atoms with Gasteiger partial charge < -0.3 is 10.6 Å². The third kappa shape index (κ3) is 21.7. The Kier molecular flexibility index (Phi) is 34.6. The molecule has 384 valence electrons. The quantitative estimate of drug-likeness (QED) is 0.105. The molecule has 2 heteroatoms. The molecule has 0 radical (unpaired) electrons. The van der Waals surface area contributed by atoms with E-state index in [1.54, 1.807) is 5.57 Å². The predicted molar refractivity (Wildman–Crippen MR) is 328 cm³/mol. The zero-order valence-corrected chi connectivity index (χ0v) is 46.1. The molecule has 4 aliphatic rings. The minimum atomic E-state index is 0.0301. The number of hydrogen-bond donors (Lipinski definition) is 1. The third-order valence-electron chi connectivity index (χ3n) is 12.8. The first-order valence-corrected chi connectivity index (χ1v) is 26.4.